The summed E-state index contributed by atoms with van der Waals surface area (Å²) < 4.78 is 13.7. The first-order valence-corrected chi connectivity index (χ1v) is 6.07. The van der Waals surface area contributed by atoms with Gasteiger partial charge >= 0.3 is 0 Å². The zero-order valence-corrected chi connectivity index (χ0v) is 11.0. The summed E-state index contributed by atoms with van der Waals surface area (Å²) in [5.41, 5.74) is 2.70. The van der Waals surface area contributed by atoms with E-state index < -0.39 is 11.9 Å². The summed E-state index contributed by atoms with van der Waals surface area (Å²) in [5, 5.41) is 10.8. The number of rotatable bonds is 2. The Morgan fingerprint density at radius 3 is 2.50 bits per heavy atom. The van der Waals surface area contributed by atoms with E-state index in [0.717, 1.165) is 11.1 Å². The van der Waals surface area contributed by atoms with Crippen LogP contribution in [0.15, 0.2) is 36.4 Å². The maximum atomic E-state index is 13.7. The van der Waals surface area contributed by atoms with Gasteiger partial charge in [-0.15, -0.1) is 0 Å². The maximum Gasteiger partial charge on any atom is 0.129 e. The van der Waals surface area contributed by atoms with E-state index in [1.807, 2.05) is 19.9 Å². The zero-order chi connectivity index (χ0) is 13.3. The number of aryl methyl sites for hydroxylation is 2. The quantitative estimate of drug-likeness (QED) is 0.863. The van der Waals surface area contributed by atoms with Crippen LogP contribution < -0.4 is 0 Å². The summed E-state index contributed by atoms with van der Waals surface area (Å²) in [6.07, 6.45) is -0.997. The third kappa shape index (κ3) is 2.55. The van der Waals surface area contributed by atoms with Crippen molar-refractivity contribution in [3.05, 3.63) is 69.5 Å². The molecule has 0 heterocycles. The smallest absolute Gasteiger partial charge is 0.129 e. The van der Waals surface area contributed by atoms with Crippen molar-refractivity contribution in [2.75, 3.05) is 0 Å². The number of aliphatic hydroxyl groups excluding tert-OH is 1. The first-order chi connectivity index (χ1) is 8.49. The lowest BCUT2D eigenvalue weighted by Gasteiger charge is -2.16. The van der Waals surface area contributed by atoms with E-state index in [4.69, 9.17) is 11.6 Å². The monoisotopic (exact) mass is 264 g/mol. The maximum absolute atomic E-state index is 13.7. The molecule has 1 nitrogen and oxygen atoms in total. The Morgan fingerprint density at radius 2 is 1.78 bits per heavy atom. The molecule has 1 N–H and O–H groups in total. The fraction of sp³-hybridized carbons (Fsp3) is 0.200. The van der Waals surface area contributed by atoms with Gasteiger partial charge in [0, 0.05) is 10.6 Å². The molecule has 0 aromatic heterocycles. The minimum atomic E-state index is -0.997. The summed E-state index contributed by atoms with van der Waals surface area (Å²) in [5.74, 6) is -0.410. The number of benzene rings is 2. The normalized spacial score (nSPS) is 12.5. The molecule has 1 atom stereocenters. The average molecular weight is 265 g/mol. The lowest BCUT2D eigenvalue weighted by atomic mass is 9.96. The van der Waals surface area contributed by atoms with E-state index in [0.29, 0.717) is 10.6 Å². The Balaban J connectivity index is 2.50. The molecule has 0 saturated heterocycles. The molecule has 0 aliphatic heterocycles. The van der Waals surface area contributed by atoms with Crippen LogP contribution >= 0.6 is 11.6 Å². The van der Waals surface area contributed by atoms with Crippen LogP contribution in [0.1, 0.15) is 28.4 Å². The van der Waals surface area contributed by atoms with Crippen LogP contribution in [0.25, 0.3) is 0 Å². The van der Waals surface area contributed by atoms with E-state index in [1.165, 1.54) is 6.07 Å². The summed E-state index contributed by atoms with van der Waals surface area (Å²) in [4.78, 5) is 0. The van der Waals surface area contributed by atoms with Crippen LogP contribution in [0.2, 0.25) is 5.02 Å². The molecule has 0 spiro atoms. The van der Waals surface area contributed by atoms with Gasteiger partial charge in [0.25, 0.3) is 0 Å². The summed E-state index contributed by atoms with van der Waals surface area (Å²) in [6.45, 7) is 3.73. The SMILES string of the molecule is Cc1ccc(F)c(C(O)c2cc(Cl)ccc2C)c1. The van der Waals surface area contributed by atoms with Crippen molar-refractivity contribution in [3.63, 3.8) is 0 Å². The van der Waals surface area contributed by atoms with Gasteiger partial charge in [-0.05, 0) is 43.2 Å². The van der Waals surface area contributed by atoms with Gasteiger partial charge < -0.3 is 5.11 Å². The Bertz CT molecular complexity index is 529. The van der Waals surface area contributed by atoms with E-state index >= 15 is 0 Å². The summed E-state index contributed by atoms with van der Waals surface area (Å²) in [7, 11) is 0. The van der Waals surface area contributed by atoms with Crippen LogP contribution in [0, 0.1) is 19.7 Å². The molecular formula is C15H14ClFO. The first kappa shape index (κ1) is 13.1. The molecule has 2 rings (SSSR count). The summed E-state index contributed by atoms with van der Waals surface area (Å²) in [6, 6.07) is 9.93. The molecule has 2 aromatic rings. The van der Waals surface area contributed by atoms with E-state index in [-0.39, 0.29) is 5.56 Å². The van der Waals surface area contributed by atoms with Crippen molar-refractivity contribution in [1.82, 2.24) is 0 Å². The molecule has 0 fully saturated rings. The lowest BCUT2D eigenvalue weighted by molar-refractivity contribution is 0.214. The number of hydrogen-bond acceptors (Lipinski definition) is 1. The topological polar surface area (TPSA) is 20.2 Å². The molecule has 0 radical (unpaired) electrons. The zero-order valence-electron chi connectivity index (χ0n) is 10.2. The van der Waals surface area contributed by atoms with Crippen LogP contribution in [-0.2, 0) is 0 Å². The fourth-order valence-electron chi connectivity index (χ4n) is 1.95. The second-order valence-corrected chi connectivity index (χ2v) is 4.86. The molecule has 1 unspecified atom stereocenters. The Kier molecular flexibility index (Phi) is 3.69. The minimum Gasteiger partial charge on any atom is -0.384 e. The predicted molar refractivity (Wildman–Crippen MR) is 71.4 cm³/mol. The van der Waals surface area contributed by atoms with Gasteiger partial charge in [0.05, 0.1) is 0 Å². The van der Waals surface area contributed by atoms with Gasteiger partial charge in [-0.1, -0.05) is 35.4 Å². The number of halogens is 2. The van der Waals surface area contributed by atoms with Crippen LogP contribution in [-0.4, -0.2) is 5.11 Å². The molecule has 18 heavy (non-hydrogen) atoms. The third-order valence-electron chi connectivity index (χ3n) is 2.98. The van der Waals surface area contributed by atoms with E-state index in [1.54, 1.807) is 24.3 Å². The van der Waals surface area contributed by atoms with Gasteiger partial charge in [0.1, 0.15) is 11.9 Å². The molecule has 0 saturated carbocycles. The fourth-order valence-corrected chi connectivity index (χ4v) is 2.13. The summed E-state index contributed by atoms with van der Waals surface area (Å²) >= 11 is 5.91. The Labute approximate surface area is 111 Å². The molecule has 0 bridgehead atoms. The van der Waals surface area contributed by atoms with Gasteiger partial charge in [-0.3, -0.25) is 0 Å². The Hall–Kier alpha value is -1.38. The molecule has 3 heteroatoms. The number of aliphatic hydroxyl groups is 1. The lowest BCUT2D eigenvalue weighted by Crippen LogP contribution is -2.05. The third-order valence-corrected chi connectivity index (χ3v) is 3.22. The van der Waals surface area contributed by atoms with Crippen molar-refractivity contribution in [3.8, 4) is 0 Å². The van der Waals surface area contributed by atoms with Crippen molar-refractivity contribution in [1.29, 1.82) is 0 Å². The van der Waals surface area contributed by atoms with Gasteiger partial charge in [-0.25, -0.2) is 4.39 Å². The molecule has 0 aliphatic carbocycles. The number of hydrogen-bond donors (Lipinski definition) is 1. The Morgan fingerprint density at radius 1 is 1.06 bits per heavy atom. The molecular weight excluding hydrogens is 251 g/mol. The predicted octanol–water partition coefficient (Wildman–Crippen LogP) is 4.18. The van der Waals surface area contributed by atoms with E-state index in [2.05, 4.69) is 0 Å². The molecule has 94 valence electrons. The second-order valence-electron chi connectivity index (χ2n) is 4.43. The largest absolute Gasteiger partial charge is 0.384 e. The van der Waals surface area contributed by atoms with Crippen molar-refractivity contribution in [2.24, 2.45) is 0 Å². The van der Waals surface area contributed by atoms with Crippen molar-refractivity contribution in [2.45, 2.75) is 20.0 Å². The molecule has 2 aromatic carbocycles. The average Bonchev–Trinajstić information content (AvgIpc) is 2.34. The van der Waals surface area contributed by atoms with Crippen LogP contribution in [0.4, 0.5) is 4.39 Å². The van der Waals surface area contributed by atoms with Gasteiger partial charge in [0.2, 0.25) is 0 Å². The second kappa shape index (κ2) is 5.09. The van der Waals surface area contributed by atoms with Crippen LogP contribution in [0.5, 0.6) is 0 Å². The minimum absolute atomic E-state index is 0.278. The first-order valence-electron chi connectivity index (χ1n) is 5.69. The van der Waals surface area contributed by atoms with Crippen molar-refractivity contribution >= 4 is 11.6 Å². The van der Waals surface area contributed by atoms with Gasteiger partial charge in [0.15, 0.2) is 0 Å². The van der Waals surface area contributed by atoms with Gasteiger partial charge in [-0.2, -0.15) is 0 Å². The highest BCUT2D eigenvalue weighted by Gasteiger charge is 2.17. The highest BCUT2D eigenvalue weighted by atomic mass is 35.5. The molecule has 0 aliphatic rings. The highest BCUT2D eigenvalue weighted by Crippen LogP contribution is 2.29. The van der Waals surface area contributed by atoms with Crippen molar-refractivity contribution < 1.29 is 9.50 Å². The standard InChI is InChI=1S/C15H14ClFO/c1-9-3-6-14(17)13(7-9)15(18)12-8-11(16)5-4-10(12)2/h3-8,15,18H,1-2H3. The van der Waals surface area contributed by atoms with E-state index in [9.17, 15) is 9.50 Å². The molecule has 0 amide bonds. The van der Waals surface area contributed by atoms with Crippen LogP contribution in [0.3, 0.4) is 0 Å². The highest BCUT2D eigenvalue weighted by molar-refractivity contribution is 6.30.